The van der Waals surface area contributed by atoms with Crippen molar-refractivity contribution >= 4 is 11.9 Å². The number of carboxylic acid groups (broad SMARTS) is 1. The van der Waals surface area contributed by atoms with Gasteiger partial charge in [0, 0.05) is 18.0 Å². The normalized spacial score (nSPS) is 10.4. The maximum Gasteiger partial charge on any atom is 0.323 e. The zero-order valence-electron chi connectivity index (χ0n) is 12.0. The summed E-state index contributed by atoms with van der Waals surface area (Å²) in [6.45, 7) is 3.88. The Morgan fingerprint density at radius 2 is 1.90 bits per heavy atom. The topological polar surface area (TPSA) is 84.2 Å². The lowest BCUT2D eigenvalue weighted by molar-refractivity contribution is -0.137. The van der Waals surface area contributed by atoms with E-state index in [2.05, 4.69) is 10.3 Å². The van der Waals surface area contributed by atoms with Crippen molar-refractivity contribution in [2.24, 2.45) is 0 Å². The number of hydrogen-bond donors (Lipinski definition) is 2. The Hall–Kier alpha value is -2.63. The van der Waals surface area contributed by atoms with Crippen LogP contribution in [0.5, 0.6) is 0 Å². The number of imidazole rings is 1. The zero-order valence-corrected chi connectivity index (χ0v) is 12.0. The number of benzene rings is 1. The zero-order chi connectivity index (χ0) is 15.4. The van der Waals surface area contributed by atoms with Crippen LogP contribution in [-0.2, 0) is 17.9 Å². The Labute approximate surface area is 122 Å². The number of carbonyl (C=O) groups excluding carboxylic acids is 1. The van der Waals surface area contributed by atoms with Crippen LogP contribution in [0.2, 0.25) is 0 Å². The molecule has 0 atom stereocenters. The van der Waals surface area contributed by atoms with Gasteiger partial charge in [0.25, 0.3) is 5.91 Å². The van der Waals surface area contributed by atoms with Gasteiger partial charge in [0.1, 0.15) is 12.4 Å². The Balaban J connectivity index is 2.04. The molecule has 21 heavy (non-hydrogen) atoms. The smallest absolute Gasteiger partial charge is 0.323 e. The molecule has 6 nitrogen and oxygen atoms in total. The average Bonchev–Trinajstić information content (AvgIpc) is 2.81. The lowest BCUT2D eigenvalue weighted by atomic mass is 10.1. The Morgan fingerprint density at radius 3 is 2.52 bits per heavy atom. The number of nitrogens with one attached hydrogen (secondary N) is 1. The maximum absolute atomic E-state index is 12.1. The lowest BCUT2D eigenvalue weighted by Gasteiger charge is -2.08. The molecule has 1 aromatic heterocycles. The van der Waals surface area contributed by atoms with Crippen LogP contribution in [0.1, 0.15) is 27.3 Å². The van der Waals surface area contributed by atoms with Gasteiger partial charge in [-0.2, -0.15) is 0 Å². The summed E-state index contributed by atoms with van der Waals surface area (Å²) in [6.07, 6.45) is 3.09. The molecule has 2 rings (SSSR count). The molecule has 0 spiro atoms. The van der Waals surface area contributed by atoms with E-state index in [0.717, 1.165) is 11.1 Å². The highest BCUT2D eigenvalue weighted by Gasteiger charge is 2.10. The van der Waals surface area contributed by atoms with Crippen molar-refractivity contribution in [2.75, 3.05) is 0 Å². The average molecular weight is 287 g/mol. The Kier molecular flexibility index (Phi) is 4.37. The largest absolute Gasteiger partial charge is 0.480 e. The van der Waals surface area contributed by atoms with Crippen molar-refractivity contribution in [3.63, 3.8) is 0 Å². The Bertz CT molecular complexity index is 656. The second-order valence-electron chi connectivity index (χ2n) is 4.92. The second kappa shape index (κ2) is 6.21. The monoisotopic (exact) mass is 287 g/mol. The molecular weight excluding hydrogens is 270 g/mol. The molecule has 110 valence electrons. The van der Waals surface area contributed by atoms with Gasteiger partial charge in [-0.1, -0.05) is 17.2 Å². The first kappa shape index (κ1) is 14.8. The van der Waals surface area contributed by atoms with Gasteiger partial charge < -0.3 is 15.0 Å². The number of hydrogen-bond acceptors (Lipinski definition) is 3. The molecule has 2 N–H and O–H groups in total. The predicted molar refractivity (Wildman–Crippen MR) is 76.9 cm³/mol. The van der Waals surface area contributed by atoms with Crippen molar-refractivity contribution < 1.29 is 14.7 Å². The van der Waals surface area contributed by atoms with Crippen LogP contribution in [0.3, 0.4) is 0 Å². The minimum Gasteiger partial charge on any atom is -0.480 e. The van der Waals surface area contributed by atoms with Crippen LogP contribution in [0.4, 0.5) is 0 Å². The fourth-order valence-electron chi connectivity index (χ4n) is 2.16. The predicted octanol–water partition coefficient (Wildman–Crippen LogP) is 1.51. The number of aliphatic carboxylic acids is 1. The van der Waals surface area contributed by atoms with Crippen LogP contribution in [0, 0.1) is 13.8 Å². The molecule has 0 fully saturated rings. The third-order valence-corrected chi connectivity index (χ3v) is 3.00. The van der Waals surface area contributed by atoms with Crippen molar-refractivity contribution in [3.8, 4) is 0 Å². The molecule has 1 aromatic carbocycles. The molecule has 0 aliphatic carbocycles. The summed E-state index contributed by atoms with van der Waals surface area (Å²) in [6, 6.07) is 5.62. The summed E-state index contributed by atoms with van der Waals surface area (Å²) in [5, 5.41) is 11.5. The van der Waals surface area contributed by atoms with E-state index in [-0.39, 0.29) is 19.0 Å². The number of aryl methyl sites for hydroxylation is 2. The summed E-state index contributed by atoms with van der Waals surface area (Å²) in [4.78, 5) is 26.9. The molecule has 0 unspecified atom stereocenters. The Morgan fingerprint density at radius 1 is 1.24 bits per heavy atom. The van der Waals surface area contributed by atoms with E-state index in [0.29, 0.717) is 11.4 Å². The molecule has 0 saturated carbocycles. The summed E-state index contributed by atoms with van der Waals surface area (Å²) < 4.78 is 1.49. The summed E-state index contributed by atoms with van der Waals surface area (Å²) >= 11 is 0. The van der Waals surface area contributed by atoms with Gasteiger partial charge in [0.05, 0.1) is 6.54 Å². The van der Waals surface area contributed by atoms with Crippen LogP contribution in [-0.4, -0.2) is 26.5 Å². The first-order valence-electron chi connectivity index (χ1n) is 6.54. The van der Waals surface area contributed by atoms with Crippen LogP contribution >= 0.6 is 0 Å². The molecule has 0 bridgehead atoms. The van der Waals surface area contributed by atoms with Crippen molar-refractivity contribution in [2.45, 2.75) is 26.9 Å². The standard InChI is InChI=1S/C15H17N3O3/c1-10-5-11(2)7-12(6-10)15(21)17-8-13-16-3-4-18(13)9-14(19)20/h3-7H,8-9H2,1-2H3,(H,17,21)(H,19,20). The van der Waals surface area contributed by atoms with Gasteiger partial charge in [-0.05, 0) is 26.0 Å². The minimum atomic E-state index is -0.949. The summed E-state index contributed by atoms with van der Waals surface area (Å²) in [7, 11) is 0. The highest BCUT2D eigenvalue weighted by atomic mass is 16.4. The van der Waals surface area contributed by atoms with E-state index in [1.165, 1.54) is 10.8 Å². The van der Waals surface area contributed by atoms with Crippen LogP contribution in [0.25, 0.3) is 0 Å². The molecule has 0 aliphatic heterocycles. The van der Waals surface area contributed by atoms with Crippen molar-refractivity contribution in [3.05, 3.63) is 53.1 Å². The summed E-state index contributed by atoms with van der Waals surface area (Å²) in [5.74, 6) is -0.642. The molecule has 1 amide bonds. The number of carbonyl (C=O) groups is 2. The van der Waals surface area contributed by atoms with Crippen molar-refractivity contribution in [1.82, 2.24) is 14.9 Å². The number of nitrogens with zero attached hydrogens (tertiary/aromatic N) is 2. The number of aromatic nitrogens is 2. The SMILES string of the molecule is Cc1cc(C)cc(C(=O)NCc2nccn2CC(=O)O)c1. The van der Waals surface area contributed by atoms with Crippen LogP contribution < -0.4 is 5.32 Å². The molecular formula is C15H17N3O3. The van der Waals surface area contributed by atoms with Gasteiger partial charge in [-0.3, -0.25) is 9.59 Å². The second-order valence-corrected chi connectivity index (χ2v) is 4.92. The fourth-order valence-corrected chi connectivity index (χ4v) is 2.16. The maximum atomic E-state index is 12.1. The molecule has 2 aromatic rings. The van der Waals surface area contributed by atoms with E-state index in [4.69, 9.17) is 5.11 Å². The van der Waals surface area contributed by atoms with Gasteiger partial charge in [-0.15, -0.1) is 0 Å². The lowest BCUT2D eigenvalue weighted by Crippen LogP contribution is -2.25. The quantitative estimate of drug-likeness (QED) is 0.873. The first-order valence-corrected chi connectivity index (χ1v) is 6.54. The number of carboxylic acids is 1. The van der Waals surface area contributed by atoms with E-state index in [1.54, 1.807) is 6.20 Å². The number of rotatable bonds is 5. The number of amides is 1. The molecule has 0 aliphatic rings. The van der Waals surface area contributed by atoms with Gasteiger partial charge in [-0.25, -0.2) is 4.98 Å². The van der Waals surface area contributed by atoms with E-state index in [9.17, 15) is 9.59 Å². The minimum absolute atomic E-state index is 0.172. The molecule has 0 saturated heterocycles. The fraction of sp³-hybridized carbons (Fsp3) is 0.267. The first-order chi connectivity index (χ1) is 9.95. The van der Waals surface area contributed by atoms with Gasteiger partial charge in [0.2, 0.25) is 0 Å². The van der Waals surface area contributed by atoms with Crippen LogP contribution in [0.15, 0.2) is 30.6 Å². The molecule has 0 radical (unpaired) electrons. The van der Waals surface area contributed by atoms with E-state index < -0.39 is 5.97 Å². The molecule has 1 heterocycles. The highest BCUT2D eigenvalue weighted by molar-refractivity contribution is 5.94. The highest BCUT2D eigenvalue weighted by Crippen LogP contribution is 2.09. The van der Waals surface area contributed by atoms with Crippen molar-refractivity contribution in [1.29, 1.82) is 0 Å². The molecule has 6 heteroatoms. The summed E-state index contributed by atoms with van der Waals surface area (Å²) in [5.41, 5.74) is 2.63. The van der Waals surface area contributed by atoms with Gasteiger partial charge in [0.15, 0.2) is 0 Å². The van der Waals surface area contributed by atoms with E-state index in [1.807, 2.05) is 32.0 Å². The van der Waals surface area contributed by atoms with E-state index >= 15 is 0 Å². The van der Waals surface area contributed by atoms with Gasteiger partial charge >= 0.3 is 5.97 Å². The third-order valence-electron chi connectivity index (χ3n) is 3.00. The third kappa shape index (κ3) is 3.92.